The first-order valence-electron chi connectivity index (χ1n) is 6.52. The summed E-state index contributed by atoms with van der Waals surface area (Å²) in [6.07, 6.45) is 7.03. The normalized spacial score (nSPS) is 13.7. The molecule has 2 unspecified atom stereocenters. The Kier molecular flexibility index (Phi) is 5.25. The average Bonchev–Trinajstić information content (AvgIpc) is 2.87. The van der Waals surface area contributed by atoms with Crippen molar-refractivity contribution in [1.82, 2.24) is 14.8 Å². The van der Waals surface area contributed by atoms with Gasteiger partial charge in [0.25, 0.3) is 0 Å². The summed E-state index contributed by atoms with van der Waals surface area (Å²) in [6.45, 7) is 3.92. The number of hydrogen-bond acceptors (Lipinski definition) is 4. The fraction of sp³-hybridized carbons (Fsp3) is 0.357. The first-order chi connectivity index (χ1) is 10.0. The number of carbonyl (C=O) groups excluding carboxylic acids is 1. The molecule has 0 aliphatic carbocycles. The van der Waals surface area contributed by atoms with Crippen molar-refractivity contribution >= 4 is 35.0 Å². The molecule has 112 valence electrons. The number of halogens is 1. The van der Waals surface area contributed by atoms with Crippen LogP contribution in [-0.4, -0.2) is 32.2 Å². The van der Waals surface area contributed by atoms with E-state index >= 15 is 0 Å². The van der Waals surface area contributed by atoms with Crippen molar-refractivity contribution in [2.75, 3.05) is 11.6 Å². The second-order valence-corrected chi connectivity index (χ2v) is 6.28. The minimum Gasteiger partial charge on any atom is -0.322 e. The van der Waals surface area contributed by atoms with E-state index in [1.165, 1.54) is 0 Å². The lowest BCUT2D eigenvalue weighted by molar-refractivity contribution is -0.119. The molecule has 2 aromatic rings. The molecule has 0 radical (unpaired) electrons. The first kappa shape index (κ1) is 15.9. The molecule has 0 aliphatic heterocycles. The largest absolute Gasteiger partial charge is 0.322 e. The van der Waals surface area contributed by atoms with E-state index in [4.69, 9.17) is 11.6 Å². The highest BCUT2D eigenvalue weighted by Crippen LogP contribution is 2.24. The zero-order chi connectivity index (χ0) is 15.4. The standard InChI is InChI=1S/C14H17ClN4OS/c1-9(10(2)21-3)14(20)17-12-8-19(18-13(12)15)11-5-4-6-16-7-11/h4-10H,1-3H3,(H,17,20). The first-order valence-corrected chi connectivity index (χ1v) is 8.18. The van der Waals surface area contributed by atoms with E-state index in [2.05, 4.69) is 15.4 Å². The number of hydrogen-bond donors (Lipinski definition) is 1. The number of amides is 1. The zero-order valence-electron chi connectivity index (χ0n) is 12.1. The van der Waals surface area contributed by atoms with Crippen LogP contribution < -0.4 is 5.32 Å². The summed E-state index contributed by atoms with van der Waals surface area (Å²) in [4.78, 5) is 16.2. The summed E-state index contributed by atoms with van der Waals surface area (Å²) in [6, 6.07) is 3.67. The van der Waals surface area contributed by atoms with Crippen LogP contribution in [0.15, 0.2) is 30.7 Å². The van der Waals surface area contributed by atoms with Gasteiger partial charge in [-0.3, -0.25) is 9.78 Å². The molecule has 2 atom stereocenters. The average molecular weight is 325 g/mol. The van der Waals surface area contributed by atoms with Crippen molar-refractivity contribution in [3.8, 4) is 5.69 Å². The van der Waals surface area contributed by atoms with Gasteiger partial charge < -0.3 is 5.32 Å². The maximum absolute atomic E-state index is 12.2. The third-order valence-electron chi connectivity index (χ3n) is 3.33. The number of nitrogens with one attached hydrogen (secondary N) is 1. The van der Waals surface area contributed by atoms with Gasteiger partial charge in [-0.1, -0.05) is 25.4 Å². The van der Waals surface area contributed by atoms with Crippen LogP contribution in [0, 0.1) is 5.92 Å². The lowest BCUT2D eigenvalue weighted by Gasteiger charge is -2.16. The van der Waals surface area contributed by atoms with E-state index in [0.29, 0.717) is 5.69 Å². The molecule has 2 aromatic heterocycles. The predicted molar refractivity (Wildman–Crippen MR) is 87.1 cm³/mol. The molecule has 1 N–H and O–H groups in total. The molecule has 5 nitrogen and oxygen atoms in total. The van der Waals surface area contributed by atoms with Crippen LogP contribution in [-0.2, 0) is 4.79 Å². The molecule has 7 heteroatoms. The van der Waals surface area contributed by atoms with Crippen molar-refractivity contribution in [1.29, 1.82) is 0 Å². The van der Waals surface area contributed by atoms with Gasteiger partial charge in [0.15, 0.2) is 5.15 Å². The number of thioether (sulfide) groups is 1. The Morgan fingerprint density at radius 3 is 2.86 bits per heavy atom. The minimum atomic E-state index is -0.113. The summed E-state index contributed by atoms with van der Waals surface area (Å²) in [7, 11) is 0. The quantitative estimate of drug-likeness (QED) is 0.917. The molecule has 2 rings (SSSR count). The second-order valence-electron chi connectivity index (χ2n) is 4.71. The number of anilines is 1. The van der Waals surface area contributed by atoms with E-state index in [1.807, 2.05) is 32.2 Å². The smallest absolute Gasteiger partial charge is 0.228 e. The summed E-state index contributed by atoms with van der Waals surface area (Å²) < 4.78 is 1.59. The molecule has 0 spiro atoms. The third kappa shape index (κ3) is 3.77. The number of rotatable bonds is 5. The molecule has 1 amide bonds. The summed E-state index contributed by atoms with van der Waals surface area (Å²) >= 11 is 7.74. The Bertz CT molecular complexity index is 617. The molecule has 0 saturated carbocycles. The Morgan fingerprint density at radius 2 is 2.24 bits per heavy atom. The molecule has 0 aromatic carbocycles. The monoisotopic (exact) mass is 324 g/mol. The molecule has 0 bridgehead atoms. The second kappa shape index (κ2) is 6.95. The van der Waals surface area contributed by atoms with E-state index in [-0.39, 0.29) is 22.2 Å². The zero-order valence-corrected chi connectivity index (χ0v) is 13.6. The van der Waals surface area contributed by atoms with Gasteiger partial charge >= 0.3 is 0 Å². The van der Waals surface area contributed by atoms with Crippen LogP contribution in [0.1, 0.15) is 13.8 Å². The predicted octanol–water partition coefficient (Wildman–Crippen LogP) is 3.25. The lowest BCUT2D eigenvalue weighted by atomic mass is 10.1. The van der Waals surface area contributed by atoms with Gasteiger partial charge in [0.2, 0.25) is 5.91 Å². The van der Waals surface area contributed by atoms with E-state index in [0.717, 1.165) is 5.69 Å². The molecular formula is C14H17ClN4OS. The Labute approximate surface area is 133 Å². The van der Waals surface area contributed by atoms with Crippen LogP contribution in [0.5, 0.6) is 0 Å². The van der Waals surface area contributed by atoms with Gasteiger partial charge in [-0.15, -0.1) is 0 Å². The molecule has 0 fully saturated rings. The van der Waals surface area contributed by atoms with Gasteiger partial charge in [0.05, 0.1) is 23.8 Å². The van der Waals surface area contributed by atoms with Crippen molar-refractivity contribution in [2.24, 2.45) is 5.92 Å². The van der Waals surface area contributed by atoms with Crippen molar-refractivity contribution in [3.05, 3.63) is 35.9 Å². The number of aromatic nitrogens is 3. The number of nitrogens with zero attached hydrogens (tertiary/aromatic N) is 3. The Hall–Kier alpha value is -1.53. The van der Waals surface area contributed by atoms with Crippen LogP contribution >= 0.6 is 23.4 Å². The van der Waals surface area contributed by atoms with Gasteiger partial charge in [-0.05, 0) is 18.4 Å². The van der Waals surface area contributed by atoms with Crippen molar-refractivity contribution in [3.63, 3.8) is 0 Å². The molecule has 0 aliphatic rings. The van der Waals surface area contributed by atoms with Gasteiger partial charge in [0.1, 0.15) is 0 Å². The maximum atomic E-state index is 12.2. The summed E-state index contributed by atoms with van der Waals surface area (Å²) in [5.74, 6) is -0.178. The van der Waals surface area contributed by atoms with Crippen LogP contribution in [0.25, 0.3) is 5.69 Å². The van der Waals surface area contributed by atoms with Crippen molar-refractivity contribution < 1.29 is 4.79 Å². The highest BCUT2D eigenvalue weighted by Gasteiger charge is 2.21. The fourth-order valence-corrected chi connectivity index (χ4v) is 2.43. The third-order valence-corrected chi connectivity index (χ3v) is 4.76. The fourth-order valence-electron chi connectivity index (χ4n) is 1.72. The maximum Gasteiger partial charge on any atom is 0.228 e. The van der Waals surface area contributed by atoms with Gasteiger partial charge in [0, 0.05) is 17.4 Å². The van der Waals surface area contributed by atoms with Gasteiger partial charge in [-0.25, -0.2) is 4.68 Å². The van der Waals surface area contributed by atoms with Crippen LogP contribution in [0.3, 0.4) is 0 Å². The molecular weight excluding hydrogens is 308 g/mol. The highest BCUT2D eigenvalue weighted by atomic mass is 35.5. The van der Waals surface area contributed by atoms with E-state index in [1.54, 1.807) is 35.0 Å². The van der Waals surface area contributed by atoms with Crippen LogP contribution in [0.2, 0.25) is 5.15 Å². The van der Waals surface area contributed by atoms with Crippen LogP contribution in [0.4, 0.5) is 5.69 Å². The summed E-state index contributed by atoms with van der Waals surface area (Å²) in [5, 5.41) is 7.50. The Morgan fingerprint density at radius 1 is 1.48 bits per heavy atom. The highest BCUT2D eigenvalue weighted by molar-refractivity contribution is 7.99. The molecule has 2 heterocycles. The van der Waals surface area contributed by atoms with E-state index in [9.17, 15) is 4.79 Å². The lowest BCUT2D eigenvalue weighted by Crippen LogP contribution is -2.27. The number of carbonyl (C=O) groups is 1. The van der Waals surface area contributed by atoms with E-state index < -0.39 is 0 Å². The minimum absolute atomic E-state index is 0.0653. The topological polar surface area (TPSA) is 59.8 Å². The van der Waals surface area contributed by atoms with Crippen molar-refractivity contribution in [2.45, 2.75) is 19.1 Å². The molecule has 21 heavy (non-hydrogen) atoms. The number of pyridine rings is 1. The summed E-state index contributed by atoms with van der Waals surface area (Å²) in [5.41, 5.74) is 1.29. The SMILES string of the molecule is CSC(C)C(C)C(=O)Nc1cn(-c2cccnc2)nc1Cl. The molecule has 0 saturated heterocycles. The van der Waals surface area contributed by atoms with Gasteiger partial charge in [-0.2, -0.15) is 16.9 Å². The Balaban J connectivity index is 2.15.